The van der Waals surface area contributed by atoms with Crippen molar-refractivity contribution in [2.45, 2.75) is 78.5 Å². The van der Waals surface area contributed by atoms with E-state index in [0.717, 1.165) is 25.9 Å². The molecule has 0 bridgehead atoms. The van der Waals surface area contributed by atoms with Gasteiger partial charge in [-0.25, -0.2) is 0 Å². The van der Waals surface area contributed by atoms with Crippen molar-refractivity contribution in [3.05, 3.63) is 0 Å². The monoisotopic (exact) mass is 342 g/mol. The number of nitrogens with zero attached hydrogens (tertiary/aromatic N) is 2. The number of β-amino-alcohol motifs (C(OH)–C–C–N with tert-alkyl or cyclic N) is 1. The van der Waals surface area contributed by atoms with Crippen LogP contribution in [0, 0.1) is 11.3 Å². The minimum absolute atomic E-state index is 0.140. The number of rotatable bonds is 4. The number of hydrogen-bond acceptors (Lipinski definition) is 4. The summed E-state index contributed by atoms with van der Waals surface area (Å²) in [5, 5.41) is 10.2. The second-order valence-electron chi connectivity index (χ2n) is 10.1. The number of aliphatic hydroxyl groups is 1. The molecular formula is C20H42N2O2. The molecule has 0 aromatic carbocycles. The summed E-state index contributed by atoms with van der Waals surface area (Å²) in [5.74, 6) is 0.585. The van der Waals surface area contributed by atoms with E-state index in [0.29, 0.717) is 19.1 Å². The summed E-state index contributed by atoms with van der Waals surface area (Å²) in [4.78, 5) is 5.03. The van der Waals surface area contributed by atoms with E-state index in [9.17, 15) is 5.11 Å². The highest BCUT2D eigenvalue weighted by Gasteiger charge is 2.41. The minimum atomic E-state index is -0.412. The molecule has 1 N–H and O–H groups in total. The second-order valence-corrected chi connectivity index (χ2v) is 10.1. The van der Waals surface area contributed by atoms with Crippen LogP contribution in [0.3, 0.4) is 0 Å². The predicted molar refractivity (Wildman–Crippen MR) is 102 cm³/mol. The van der Waals surface area contributed by atoms with Gasteiger partial charge in [0.05, 0.1) is 12.7 Å². The van der Waals surface area contributed by atoms with E-state index in [1.165, 1.54) is 0 Å². The normalized spacial score (nSPS) is 30.0. The molecule has 0 spiro atoms. The van der Waals surface area contributed by atoms with Crippen LogP contribution < -0.4 is 0 Å². The Bertz CT molecular complexity index is 393. The molecule has 24 heavy (non-hydrogen) atoms. The lowest BCUT2D eigenvalue weighted by atomic mass is 9.75. The first-order chi connectivity index (χ1) is 10.8. The van der Waals surface area contributed by atoms with Crippen LogP contribution in [0.4, 0.5) is 0 Å². The van der Waals surface area contributed by atoms with Gasteiger partial charge in [0.2, 0.25) is 0 Å². The van der Waals surface area contributed by atoms with Crippen LogP contribution in [0.15, 0.2) is 0 Å². The lowest BCUT2D eigenvalue weighted by Gasteiger charge is -2.52. The fourth-order valence-corrected chi connectivity index (χ4v) is 5.01. The topological polar surface area (TPSA) is 35.9 Å². The molecule has 1 rings (SSSR count). The van der Waals surface area contributed by atoms with Crippen LogP contribution in [0.25, 0.3) is 0 Å². The Morgan fingerprint density at radius 1 is 1.12 bits per heavy atom. The fourth-order valence-electron chi connectivity index (χ4n) is 5.01. The van der Waals surface area contributed by atoms with Crippen LogP contribution in [-0.4, -0.2) is 72.5 Å². The third-order valence-corrected chi connectivity index (χ3v) is 5.62. The third kappa shape index (κ3) is 6.29. The standard InChI is InChI=1S/C20H42N2O2/c1-16-10-19(4,5)21(8)20(6,7)14-18(2,3)15-22(11-16)12-17(23)13-24-9/h16-17,23H,10-15H2,1-9H3. The molecule has 4 nitrogen and oxygen atoms in total. The van der Waals surface area contributed by atoms with Gasteiger partial charge in [0.25, 0.3) is 0 Å². The first-order valence-electron chi connectivity index (χ1n) is 9.42. The van der Waals surface area contributed by atoms with Gasteiger partial charge in [0.1, 0.15) is 0 Å². The Morgan fingerprint density at radius 2 is 1.71 bits per heavy atom. The van der Waals surface area contributed by atoms with Gasteiger partial charge in [0, 0.05) is 37.8 Å². The van der Waals surface area contributed by atoms with Crippen LogP contribution in [0.5, 0.6) is 0 Å². The molecule has 0 aromatic rings. The zero-order valence-electron chi connectivity index (χ0n) is 17.6. The fraction of sp³-hybridized carbons (Fsp3) is 1.00. The lowest BCUT2D eigenvalue weighted by molar-refractivity contribution is -0.0288. The molecular weight excluding hydrogens is 300 g/mol. The molecule has 4 heteroatoms. The summed E-state index contributed by atoms with van der Waals surface area (Å²) >= 11 is 0. The highest BCUT2D eigenvalue weighted by molar-refractivity contribution is 4.96. The number of methoxy groups -OCH3 is 1. The Balaban J connectivity index is 3.03. The molecule has 1 aliphatic rings. The average Bonchev–Trinajstić information content (AvgIpc) is 2.33. The summed E-state index contributed by atoms with van der Waals surface area (Å²) in [6.07, 6.45) is 1.87. The Kier molecular flexibility index (Phi) is 7.32. The van der Waals surface area contributed by atoms with E-state index >= 15 is 0 Å². The molecule has 1 fully saturated rings. The van der Waals surface area contributed by atoms with E-state index in [2.05, 4.69) is 65.3 Å². The lowest BCUT2D eigenvalue weighted by Crippen LogP contribution is -2.57. The summed E-state index contributed by atoms with van der Waals surface area (Å²) in [5.41, 5.74) is 0.492. The van der Waals surface area contributed by atoms with E-state index in [4.69, 9.17) is 4.74 Å². The van der Waals surface area contributed by atoms with Gasteiger partial charge in [-0.2, -0.15) is 0 Å². The van der Waals surface area contributed by atoms with Crippen molar-refractivity contribution in [2.75, 3.05) is 40.4 Å². The largest absolute Gasteiger partial charge is 0.389 e. The van der Waals surface area contributed by atoms with Crippen molar-refractivity contribution in [3.63, 3.8) is 0 Å². The summed E-state index contributed by atoms with van der Waals surface area (Å²) in [6.45, 7) is 19.7. The number of aliphatic hydroxyl groups excluding tert-OH is 1. The molecule has 1 aliphatic heterocycles. The van der Waals surface area contributed by atoms with E-state index < -0.39 is 6.10 Å². The van der Waals surface area contributed by atoms with Gasteiger partial charge in [-0.3, -0.25) is 9.80 Å². The van der Waals surface area contributed by atoms with Gasteiger partial charge in [0.15, 0.2) is 0 Å². The van der Waals surface area contributed by atoms with E-state index in [-0.39, 0.29) is 16.5 Å². The Morgan fingerprint density at radius 3 is 2.25 bits per heavy atom. The molecule has 144 valence electrons. The van der Waals surface area contributed by atoms with Crippen LogP contribution >= 0.6 is 0 Å². The smallest absolute Gasteiger partial charge is 0.0900 e. The summed E-state index contributed by atoms with van der Waals surface area (Å²) in [6, 6.07) is 0. The van der Waals surface area contributed by atoms with Crippen molar-refractivity contribution in [1.82, 2.24) is 9.80 Å². The second kappa shape index (κ2) is 8.03. The molecule has 0 radical (unpaired) electrons. The van der Waals surface area contributed by atoms with E-state index in [1.54, 1.807) is 7.11 Å². The molecule has 1 heterocycles. The average molecular weight is 343 g/mol. The zero-order chi connectivity index (χ0) is 18.8. The van der Waals surface area contributed by atoms with Gasteiger partial charge in [-0.05, 0) is 58.9 Å². The molecule has 2 atom stereocenters. The highest BCUT2D eigenvalue weighted by Crippen LogP contribution is 2.38. The maximum atomic E-state index is 10.2. The minimum Gasteiger partial charge on any atom is -0.389 e. The van der Waals surface area contributed by atoms with Crippen molar-refractivity contribution >= 4 is 0 Å². The maximum Gasteiger partial charge on any atom is 0.0900 e. The molecule has 0 aromatic heterocycles. The Labute approximate surface area is 150 Å². The van der Waals surface area contributed by atoms with Crippen molar-refractivity contribution in [1.29, 1.82) is 0 Å². The summed E-state index contributed by atoms with van der Waals surface area (Å²) in [7, 11) is 3.93. The number of ether oxygens (including phenoxy) is 1. The van der Waals surface area contributed by atoms with Crippen molar-refractivity contribution < 1.29 is 9.84 Å². The quantitative estimate of drug-likeness (QED) is 0.851. The SMILES string of the molecule is COCC(O)CN1CC(C)CC(C)(C)N(C)C(C)(C)CC(C)(C)C1. The maximum absolute atomic E-state index is 10.2. The predicted octanol–water partition coefficient (Wildman–Crippen LogP) is 3.24. The van der Waals surface area contributed by atoms with Gasteiger partial charge < -0.3 is 9.84 Å². The van der Waals surface area contributed by atoms with Crippen molar-refractivity contribution in [2.24, 2.45) is 11.3 Å². The molecule has 1 saturated heterocycles. The molecule has 2 unspecified atom stereocenters. The molecule has 0 amide bonds. The first-order valence-corrected chi connectivity index (χ1v) is 9.42. The van der Waals surface area contributed by atoms with Crippen LogP contribution in [0.1, 0.15) is 61.3 Å². The van der Waals surface area contributed by atoms with Crippen molar-refractivity contribution in [3.8, 4) is 0 Å². The molecule has 0 aliphatic carbocycles. The van der Waals surface area contributed by atoms with Crippen LogP contribution in [0.2, 0.25) is 0 Å². The van der Waals surface area contributed by atoms with Gasteiger partial charge in [-0.15, -0.1) is 0 Å². The highest BCUT2D eigenvalue weighted by atomic mass is 16.5. The van der Waals surface area contributed by atoms with E-state index in [1.807, 2.05) is 0 Å². The third-order valence-electron chi connectivity index (χ3n) is 5.62. The van der Waals surface area contributed by atoms with Crippen LogP contribution in [-0.2, 0) is 4.74 Å². The summed E-state index contributed by atoms with van der Waals surface area (Å²) < 4.78 is 5.12. The number of hydrogen-bond donors (Lipinski definition) is 1. The van der Waals surface area contributed by atoms with Gasteiger partial charge >= 0.3 is 0 Å². The Hall–Kier alpha value is -0.160. The first kappa shape index (κ1) is 21.9. The zero-order valence-corrected chi connectivity index (χ0v) is 17.6. The molecule has 0 saturated carbocycles. The van der Waals surface area contributed by atoms with Gasteiger partial charge in [-0.1, -0.05) is 20.8 Å².